The Hall–Kier alpha value is -9.96. The molecule has 0 radical (unpaired) electrons. The number of pyridine rings is 2. The molecule has 1 aliphatic carbocycles. The number of rotatable bonds is 3. The number of nitrogens with zero attached hydrogens (tertiary/aromatic N) is 7. The molecule has 12 aromatic rings. The van der Waals surface area contributed by atoms with Crippen molar-refractivity contribution in [2.24, 2.45) is 0 Å². The van der Waals surface area contributed by atoms with Crippen molar-refractivity contribution >= 4 is 66.4 Å². The number of nitriles is 1. The van der Waals surface area contributed by atoms with Crippen LogP contribution in [0.15, 0.2) is 200 Å². The van der Waals surface area contributed by atoms with E-state index in [0.717, 1.165) is 129 Å². The molecule has 8 aromatic carbocycles. The van der Waals surface area contributed by atoms with Crippen LogP contribution in [-0.4, -0.2) is 19.1 Å². The number of hydrogen-bond donors (Lipinski definition) is 0. The Morgan fingerprint density at radius 1 is 0.471 bits per heavy atom. The molecule has 70 heavy (non-hydrogen) atoms. The molecule has 0 saturated heterocycles. The molecule has 2 aliphatic heterocycles. The molecule has 3 aliphatic rings. The summed E-state index contributed by atoms with van der Waals surface area (Å²) in [4.78, 5) is 16.3. The fraction of sp³-hybridized carbons (Fsp3) is 0.0164. The van der Waals surface area contributed by atoms with Crippen LogP contribution < -0.4 is 14.4 Å². The van der Waals surface area contributed by atoms with Gasteiger partial charge in [-0.1, -0.05) is 78.9 Å². The minimum Gasteiger partial charge on any atom is -0.457 e. The van der Waals surface area contributed by atoms with Gasteiger partial charge in [-0.15, -0.1) is 0 Å². The van der Waals surface area contributed by atoms with E-state index in [4.69, 9.17) is 26.0 Å². The third-order valence-corrected chi connectivity index (χ3v) is 14.5. The smallest absolute Gasteiger partial charge is 0.188 e. The first-order valence-corrected chi connectivity index (χ1v) is 23.0. The maximum atomic E-state index is 10.2. The van der Waals surface area contributed by atoms with E-state index in [1.54, 1.807) is 0 Å². The summed E-state index contributed by atoms with van der Waals surface area (Å²) in [6.07, 6.45) is 3.79. The molecule has 9 heteroatoms. The highest BCUT2D eigenvalue weighted by atomic mass is 16.5. The van der Waals surface area contributed by atoms with Gasteiger partial charge in [0.15, 0.2) is 17.2 Å². The van der Waals surface area contributed by atoms with Gasteiger partial charge < -0.3 is 23.5 Å². The predicted octanol–water partition coefficient (Wildman–Crippen LogP) is 15.1. The molecule has 4 aromatic heterocycles. The molecule has 15 rings (SSSR count). The second kappa shape index (κ2) is 14.0. The Balaban J connectivity index is 0.953. The van der Waals surface area contributed by atoms with Crippen molar-refractivity contribution in [3.8, 4) is 51.8 Å². The molecule has 9 nitrogen and oxygen atoms in total. The second-order valence-electron chi connectivity index (χ2n) is 17.9. The molecule has 0 fully saturated rings. The zero-order valence-electron chi connectivity index (χ0n) is 37.0. The van der Waals surface area contributed by atoms with Gasteiger partial charge in [-0.2, -0.15) is 5.26 Å². The van der Waals surface area contributed by atoms with Crippen LogP contribution in [-0.2, 0) is 5.41 Å². The topological polar surface area (TPSA) is 85.5 Å². The lowest BCUT2D eigenvalue weighted by Gasteiger charge is -2.39. The van der Waals surface area contributed by atoms with Crippen molar-refractivity contribution in [3.63, 3.8) is 0 Å². The van der Waals surface area contributed by atoms with Crippen molar-refractivity contribution in [2.75, 3.05) is 4.90 Å². The van der Waals surface area contributed by atoms with Gasteiger partial charge in [0.25, 0.3) is 0 Å². The lowest BCUT2D eigenvalue weighted by molar-refractivity contribution is 0.436. The Morgan fingerprint density at radius 3 is 1.90 bits per heavy atom. The van der Waals surface area contributed by atoms with E-state index < -0.39 is 5.41 Å². The van der Waals surface area contributed by atoms with E-state index in [2.05, 4.69) is 116 Å². The first-order valence-electron chi connectivity index (χ1n) is 23.0. The molecule has 324 valence electrons. The van der Waals surface area contributed by atoms with Crippen LogP contribution in [0, 0.1) is 17.9 Å². The van der Waals surface area contributed by atoms with Crippen molar-refractivity contribution < 1.29 is 9.47 Å². The summed E-state index contributed by atoms with van der Waals surface area (Å²) in [7, 11) is 0. The van der Waals surface area contributed by atoms with Gasteiger partial charge in [-0.05, 0) is 114 Å². The van der Waals surface area contributed by atoms with Gasteiger partial charge >= 0.3 is 0 Å². The lowest BCUT2D eigenvalue weighted by Crippen LogP contribution is -2.32. The first kappa shape index (κ1) is 38.2. The van der Waals surface area contributed by atoms with E-state index >= 15 is 0 Å². The summed E-state index contributed by atoms with van der Waals surface area (Å²) in [6.45, 7) is 7.77. The van der Waals surface area contributed by atoms with Crippen LogP contribution in [0.3, 0.4) is 0 Å². The number of para-hydroxylation sites is 6. The number of anilines is 3. The molecule has 1 spiro atoms. The predicted molar refractivity (Wildman–Crippen MR) is 274 cm³/mol. The van der Waals surface area contributed by atoms with Crippen molar-refractivity contribution in [1.82, 2.24) is 19.1 Å². The molecule has 1 unspecified atom stereocenters. The molecule has 0 bridgehead atoms. The van der Waals surface area contributed by atoms with E-state index in [9.17, 15) is 5.26 Å². The zero-order valence-corrected chi connectivity index (χ0v) is 37.0. The average Bonchev–Trinajstić information content (AvgIpc) is 4.03. The van der Waals surface area contributed by atoms with Crippen molar-refractivity contribution in [3.05, 3.63) is 240 Å². The number of fused-ring (bicyclic) bond motifs is 17. The largest absolute Gasteiger partial charge is 0.457 e. The minimum absolute atomic E-state index is 0.584. The standard InChI is InChI=1S/C61H33N7O2/c1-63-37-21-26-51-43(30-37)41-11-2-4-14-49(41)68(51)40-32-48-60(65-35-40)59-47(13-10-28-64-59)61(48)45-12-3-7-17-55(45)69-58-33-39(22-24-46(58)61)66-50-25-20-36(34-62)29-42(50)44-31-38(23-27-52(44)66)67-53-15-5-8-18-56(53)70-57-19-9-6-16-54(57)67/h2-33,35H. The molecular formula is C61H33N7O2. The molecule has 6 heterocycles. The highest BCUT2D eigenvalue weighted by Gasteiger charge is 2.52. The maximum absolute atomic E-state index is 10.2. The quantitative estimate of drug-likeness (QED) is 0.164. The van der Waals surface area contributed by atoms with Gasteiger partial charge in [0, 0.05) is 56.5 Å². The van der Waals surface area contributed by atoms with Gasteiger partial charge in [0.1, 0.15) is 11.5 Å². The third kappa shape index (κ3) is 5.02. The molecular weight excluding hydrogens is 863 g/mol. The molecule has 1 atom stereocenters. The molecule has 0 amide bonds. The number of hydrogen-bond acceptors (Lipinski definition) is 6. The van der Waals surface area contributed by atoms with Crippen LogP contribution in [0.25, 0.3) is 71.2 Å². The molecule has 0 N–H and O–H groups in total. The summed E-state index contributed by atoms with van der Waals surface area (Å²) in [5.74, 6) is 3.03. The van der Waals surface area contributed by atoms with Crippen molar-refractivity contribution in [2.45, 2.75) is 5.41 Å². The second-order valence-corrected chi connectivity index (χ2v) is 17.9. The Morgan fingerprint density at radius 2 is 1.09 bits per heavy atom. The van der Waals surface area contributed by atoms with Gasteiger partial charge in [0.05, 0.1) is 80.3 Å². The van der Waals surface area contributed by atoms with Gasteiger partial charge in [-0.25, -0.2) is 4.85 Å². The normalized spacial score (nSPS) is 14.8. The van der Waals surface area contributed by atoms with E-state index in [1.807, 2.05) is 109 Å². The Labute approximate surface area is 400 Å². The summed E-state index contributed by atoms with van der Waals surface area (Å²) in [5.41, 5.74) is 14.7. The van der Waals surface area contributed by atoms with Gasteiger partial charge in [0.2, 0.25) is 0 Å². The van der Waals surface area contributed by atoms with Crippen molar-refractivity contribution in [1.29, 1.82) is 5.26 Å². The van der Waals surface area contributed by atoms with E-state index in [1.165, 1.54) is 0 Å². The maximum Gasteiger partial charge on any atom is 0.188 e. The Kier molecular flexibility index (Phi) is 7.65. The highest BCUT2D eigenvalue weighted by Crippen LogP contribution is 2.62. The monoisotopic (exact) mass is 895 g/mol. The summed E-state index contributed by atoms with van der Waals surface area (Å²) < 4.78 is 18.0. The number of benzene rings is 8. The lowest BCUT2D eigenvalue weighted by atomic mass is 9.66. The first-order chi connectivity index (χ1) is 34.6. The summed E-state index contributed by atoms with van der Waals surface area (Å²) in [5, 5.41) is 14.2. The zero-order chi connectivity index (χ0) is 46.2. The highest BCUT2D eigenvalue weighted by molar-refractivity contribution is 6.12. The fourth-order valence-electron chi connectivity index (χ4n) is 11.6. The van der Waals surface area contributed by atoms with Crippen LogP contribution in [0.1, 0.15) is 27.8 Å². The number of aromatic nitrogens is 4. The SMILES string of the molecule is [C-]#[N+]c1ccc2c(c1)c1ccccc1n2-c1cnc2c(c1)C1(c3ccccc3Oc3cc(-n4c5ccc(C#N)cc5c5cc(N6c7ccccc7Oc7ccccc76)ccc54)ccc31)c1cccnc1-2. The van der Waals surface area contributed by atoms with Crippen LogP contribution in [0.4, 0.5) is 22.7 Å². The Bertz CT molecular complexity index is 4330. The third-order valence-electron chi connectivity index (χ3n) is 14.5. The molecule has 0 saturated carbocycles. The van der Waals surface area contributed by atoms with E-state index in [0.29, 0.717) is 11.3 Å². The minimum atomic E-state index is -0.844. The van der Waals surface area contributed by atoms with Crippen LogP contribution in [0.5, 0.6) is 23.0 Å². The summed E-state index contributed by atoms with van der Waals surface area (Å²) >= 11 is 0. The summed E-state index contributed by atoms with van der Waals surface area (Å²) in [6, 6.07) is 66.6. The fourth-order valence-corrected chi connectivity index (χ4v) is 11.6. The average molecular weight is 896 g/mol. The van der Waals surface area contributed by atoms with Crippen LogP contribution in [0.2, 0.25) is 0 Å². The number of ether oxygens (including phenoxy) is 2. The van der Waals surface area contributed by atoms with Crippen LogP contribution >= 0.6 is 0 Å². The van der Waals surface area contributed by atoms with Gasteiger partial charge in [-0.3, -0.25) is 9.97 Å². The van der Waals surface area contributed by atoms with E-state index in [-0.39, 0.29) is 0 Å².